The van der Waals surface area contributed by atoms with E-state index < -0.39 is 12.0 Å². The molecule has 1 aliphatic heterocycles. The van der Waals surface area contributed by atoms with Crippen LogP contribution in [-0.2, 0) is 9.53 Å². The Bertz CT molecular complexity index is 1490. The monoisotopic (exact) mass is 578 g/mol. The summed E-state index contributed by atoms with van der Waals surface area (Å²) in [4.78, 5) is 32.6. The molecule has 2 heterocycles. The lowest BCUT2D eigenvalue weighted by atomic mass is 9.96. The van der Waals surface area contributed by atoms with Crippen molar-refractivity contribution in [1.82, 2.24) is 4.57 Å². The first-order valence-corrected chi connectivity index (χ1v) is 13.5. The maximum absolute atomic E-state index is 13.6. The summed E-state index contributed by atoms with van der Waals surface area (Å²) in [5, 5.41) is 10.6. The largest absolute Gasteiger partial charge is 0.506 e. The molecule has 2 aromatic carbocycles. The van der Waals surface area contributed by atoms with E-state index >= 15 is 0 Å². The molecule has 0 radical (unpaired) electrons. The van der Waals surface area contributed by atoms with Crippen molar-refractivity contribution in [1.29, 1.82) is 0 Å². The summed E-state index contributed by atoms with van der Waals surface area (Å²) >= 11 is 12.2. The number of phenolic OH excluding ortho intramolecular Hbond substituents is 1. The van der Waals surface area contributed by atoms with Gasteiger partial charge in [-0.3, -0.25) is 9.36 Å². The zero-order valence-corrected chi connectivity index (χ0v) is 22.4. The minimum absolute atomic E-state index is 0.122. The van der Waals surface area contributed by atoms with Crippen LogP contribution in [-0.4, -0.2) is 28.5 Å². The van der Waals surface area contributed by atoms with Crippen LogP contribution in [0.3, 0.4) is 0 Å². The fourth-order valence-corrected chi connectivity index (χ4v) is 6.01. The van der Waals surface area contributed by atoms with Crippen molar-refractivity contribution >= 4 is 62.7 Å². The molecule has 0 saturated carbocycles. The van der Waals surface area contributed by atoms with Gasteiger partial charge in [0.05, 0.1) is 33.5 Å². The van der Waals surface area contributed by atoms with Crippen molar-refractivity contribution < 1.29 is 14.6 Å². The Kier molecular flexibility index (Phi) is 7.37. The summed E-state index contributed by atoms with van der Waals surface area (Å²) in [7, 11) is 0. The predicted molar refractivity (Wildman–Crippen MR) is 139 cm³/mol. The fourth-order valence-electron chi connectivity index (χ4n) is 3.73. The highest BCUT2D eigenvalue weighted by Gasteiger charge is 2.33. The van der Waals surface area contributed by atoms with E-state index in [0.29, 0.717) is 30.6 Å². The highest BCUT2D eigenvalue weighted by Crippen LogP contribution is 2.33. The molecule has 176 valence electrons. The van der Waals surface area contributed by atoms with Crippen molar-refractivity contribution in [3.63, 3.8) is 0 Å². The number of allylic oxidation sites excluding steroid dienone is 1. The number of aromatic hydroxyl groups is 1. The summed E-state index contributed by atoms with van der Waals surface area (Å²) in [6.07, 6.45) is 3.56. The number of hydrogen-bond donors (Lipinski definition) is 1. The van der Waals surface area contributed by atoms with Gasteiger partial charge in [0.1, 0.15) is 5.75 Å². The number of phenols is 1. The van der Waals surface area contributed by atoms with Crippen LogP contribution in [0.2, 0.25) is 5.02 Å². The van der Waals surface area contributed by atoms with Crippen molar-refractivity contribution in [2.24, 2.45) is 4.99 Å². The van der Waals surface area contributed by atoms with Gasteiger partial charge in [-0.2, -0.15) is 0 Å². The molecule has 1 aromatic heterocycles. The third-order valence-electron chi connectivity index (χ3n) is 5.29. The molecule has 0 unspecified atom stereocenters. The first-order valence-electron chi connectivity index (χ1n) is 10.3. The van der Waals surface area contributed by atoms with E-state index in [9.17, 15) is 14.7 Å². The molecule has 1 atom stereocenters. The molecule has 0 fully saturated rings. The average molecular weight is 580 g/mol. The predicted octanol–water partition coefficient (Wildman–Crippen LogP) is 4.64. The molecule has 0 aliphatic carbocycles. The van der Waals surface area contributed by atoms with Gasteiger partial charge in [0.2, 0.25) is 0 Å². The lowest BCUT2D eigenvalue weighted by Crippen LogP contribution is -2.39. The van der Waals surface area contributed by atoms with E-state index in [2.05, 4.69) is 20.9 Å². The second kappa shape index (κ2) is 10.1. The van der Waals surface area contributed by atoms with Gasteiger partial charge < -0.3 is 9.84 Å². The summed E-state index contributed by atoms with van der Waals surface area (Å²) in [5.74, 6) is -0.628. The van der Waals surface area contributed by atoms with E-state index in [-0.39, 0.29) is 22.9 Å². The van der Waals surface area contributed by atoms with Crippen LogP contribution in [0.25, 0.3) is 6.08 Å². The van der Waals surface area contributed by atoms with Gasteiger partial charge >= 0.3 is 5.97 Å². The maximum atomic E-state index is 13.6. The summed E-state index contributed by atoms with van der Waals surface area (Å²) in [6, 6.07) is 10.3. The van der Waals surface area contributed by atoms with Gasteiger partial charge in [0.15, 0.2) is 4.80 Å². The molecule has 10 heteroatoms. The molecule has 1 aliphatic rings. The Morgan fingerprint density at radius 3 is 2.71 bits per heavy atom. The van der Waals surface area contributed by atoms with Crippen LogP contribution in [0.4, 0.5) is 0 Å². The first kappa shape index (κ1) is 24.8. The van der Waals surface area contributed by atoms with E-state index in [0.717, 1.165) is 10.5 Å². The summed E-state index contributed by atoms with van der Waals surface area (Å²) in [5.41, 5.74) is 1.67. The van der Waals surface area contributed by atoms with Crippen LogP contribution in [0.1, 0.15) is 31.0 Å². The smallest absolute Gasteiger partial charge is 0.338 e. The number of thiazole rings is 1. The maximum Gasteiger partial charge on any atom is 0.338 e. The quantitative estimate of drug-likeness (QED) is 0.352. The number of thioether (sulfide) groups is 1. The Morgan fingerprint density at radius 1 is 1.35 bits per heavy atom. The Hall–Kier alpha value is -2.33. The van der Waals surface area contributed by atoms with Crippen molar-refractivity contribution in [3.8, 4) is 5.75 Å². The van der Waals surface area contributed by atoms with Gasteiger partial charge in [-0.1, -0.05) is 51.0 Å². The number of hydrogen-bond acceptors (Lipinski definition) is 7. The number of carbonyl (C=O) groups is 1. The summed E-state index contributed by atoms with van der Waals surface area (Å²) < 4.78 is 7.85. The Morgan fingerprint density at radius 2 is 2.06 bits per heavy atom. The minimum atomic E-state index is -0.687. The number of nitrogens with zero attached hydrogens (tertiary/aromatic N) is 2. The lowest BCUT2D eigenvalue weighted by molar-refractivity contribution is -0.139. The first-order chi connectivity index (χ1) is 16.2. The second-order valence-electron chi connectivity index (χ2n) is 7.40. The van der Waals surface area contributed by atoms with Crippen LogP contribution in [0, 0.1) is 0 Å². The highest BCUT2D eigenvalue weighted by molar-refractivity contribution is 9.10. The van der Waals surface area contributed by atoms with E-state index in [4.69, 9.17) is 16.3 Å². The van der Waals surface area contributed by atoms with Crippen LogP contribution >= 0.6 is 50.6 Å². The van der Waals surface area contributed by atoms with Crippen LogP contribution < -0.4 is 14.9 Å². The number of benzene rings is 2. The SMILES string of the molecule is CCOC(=O)C1=C(C)N=c2s/c(=C\c3cc(Br)cc(Cl)c3O)c(=O)n2[C@@H]1c1ccc(SC)cc1. The molecule has 0 saturated heterocycles. The fraction of sp³-hybridized carbons (Fsp3) is 0.208. The number of rotatable bonds is 5. The molecule has 0 spiro atoms. The number of esters is 1. The van der Waals surface area contributed by atoms with Gasteiger partial charge in [-0.25, -0.2) is 9.79 Å². The third-order valence-corrected chi connectivity index (χ3v) is 7.77. The number of ether oxygens (including phenoxy) is 1. The molecule has 6 nitrogen and oxygen atoms in total. The minimum Gasteiger partial charge on any atom is -0.506 e. The molecule has 0 bridgehead atoms. The standard InChI is InChI=1S/C24H20BrClN2O4S2/c1-4-32-23(31)19-12(2)27-24-28(20(19)13-5-7-16(33-3)8-6-13)22(30)18(34-24)10-14-9-15(25)11-17(26)21(14)29/h5-11,20,29H,4H2,1-3H3/b18-10-/t20-/m1/s1. The molecule has 34 heavy (non-hydrogen) atoms. The van der Waals surface area contributed by atoms with E-state index in [1.165, 1.54) is 15.9 Å². The molecule has 4 rings (SSSR count). The topological polar surface area (TPSA) is 80.9 Å². The lowest BCUT2D eigenvalue weighted by Gasteiger charge is -2.24. The molecular weight excluding hydrogens is 560 g/mol. The molecule has 0 amide bonds. The molecule has 3 aromatic rings. The molecule has 1 N–H and O–H groups in total. The summed E-state index contributed by atoms with van der Waals surface area (Å²) in [6.45, 7) is 3.69. The van der Waals surface area contributed by atoms with Gasteiger partial charge in [-0.15, -0.1) is 11.8 Å². The molecular formula is C24H20BrClN2O4S2. The number of fused-ring (bicyclic) bond motifs is 1. The van der Waals surface area contributed by atoms with Crippen LogP contribution in [0.15, 0.2) is 66.8 Å². The number of aromatic nitrogens is 1. The average Bonchev–Trinajstić information content (AvgIpc) is 3.10. The van der Waals surface area contributed by atoms with Crippen molar-refractivity contribution in [2.45, 2.75) is 24.8 Å². The van der Waals surface area contributed by atoms with Crippen LogP contribution in [0.5, 0.6) is 5.75 Å². The Balaban J connectivity index is 1.97. The zero-order valence-electron chi connectivity index (χ0n) is 18.5. The number of halogens is 2. The zero-order chi connectivity index (χ0) is 24.6. The van der Waals surface area contributed by atoms with Crippen molar-refractivity contribution in [2.75, 3.05) is 12.9 Å². The van der Waals surface area contributed by atoms with Gasteiger partial charge in [-0.05, 0) is 56.0 Å². The normalized spacial score (nSPS) is 15.8. The number of carbonyl (C=O) groups excluding carboxylic acids is 1. The van der Waals surface area contributed by atoms with E-state index in [1.54, 1.807) is 43.8 Å². The third kappa shape index (κ3) is 4.62. The van der Waals surface area contributed by atoms with Crippen molar-refractivity contribution in [3.05, 3.63) is 88.0 Å². The highest BCUT2D eigenvalue weighted by atomic mass is 79.9. The van der Waals surface area contributed by atoms with Gasteiger partial charge in [0, 0.05) is 14.9 Å². The second-order valence-corrected chi connectivity index (χ2v) is 10.6. The van der Waals surface area contributed by atoms with E-state index in [1.807, 2.05) is 30.5 Å². The Labute approximate surface area is 217 Å². The van der Waals surface area contributed by atoms with Gasteiger partial charge in [0.25, 0.3) is 5.56 Å².